The molecule has 2 aromatic carbocycles. The maximum Gasteiger partial charge on any atom is 0.124 e. The number of benzene rings is 2. The zero-order chi connectivity index (χ0) is 15.4. The van der Waals surface area contributed by atoms with E-state index >= 15 is 0 Å². The number of hydrogen-bond donors (Lipinski definition) is 1. The summed E-state index contributed by atoms with van der Waals surface area (Å²) in [5.41, 5.74) is 3.57. The van der Waals surface area contributed by atoms with Gasteiger partial charge in [0.05, 0.1) is 6.04 Å². The topological polar surface area (TPSA) is 12.0 Å². The Hall–Kier alpha value is -1.19. The van der Waals surface area contributed by atoms with Crippen molar-refractivity contribution in [1.29, 1.82) is 0 Å². The standard InChI is InChI=1S/C18H21BrFN/c1-4-12(2)13-5-7-14(8-6-13)18(21-3)16-10-9-15(20)11-17(16)19/h5-12,18,21H,4H2,1-3H3. The highest BCUT2D eigenvalue weighted by molar-refractivity contribution is 9.10. The molecule has 0 heterocycles. The van der Waals surface area contributed by atoms with E-state index in [9.17, 15) is 4.39 Å². The van der Waals surface area contributed by atoms with E-state index in [0.29, 0.717) is 5.92 Å². The fourth-order valence-corrected chi connectivity index (χ4v) is 3.07. The van der Waals surface area contributed by atoms with Crippen molar-refractivity contribution in [1.82, 2.24) is 5.32 Å². The van der Waals surface area contributed by atoms with Gasteiger partial charge < -0.3 is 5.32 Å². The second-order valence-corrected chi connectivity index (χ2v) is 6.22. The quantitative estimate of drug-likeness (QED) is 0.760. The molecule has 0 aliphatic carbocycles. The Kier molecular flexibility index (Phi) is 5.54. The monoisotopic (exact) mass is 349 g/mol. The van der Waals surface area contributed by atoms with Crippen LogP contribution in [0.4, 0.5) is 4.39 Å². The van der Waals surface area contributed by atoms with Crippen molar-refractivity contribution in [2.45, 2.75) is 32.2 Å². The molecule has 0 radical (unpaired) electrons. The van der Waals surface area contributed by atoms with E-state index in [1.165, 1.54) is 23.3 Å². The Morgan fingerprint density at radius 2 is 1.71 bits per heavy atom. The summed E-state index contributed by atoms with van der Waals surface area (Å²) in [6, 6.07) is 13.5. The predicted molar refractivity (Wildman–Crippen MR) is 90.2 cm³/mol. The Balaban J connectivity index is 2.33. The van der Waals surface area contributed by atoms with Crippen LogP contribution in [0, 0.1) is 5.82 Å². The van der Waals surface area contributed by atoms with Gasteiger partial charge in [-0.25, -0.2) is 4.39 Å². The van der Waals surface area contributed by atoms with Crippen LogP contribution >= 0.6 is 15.9 Å². The number of rotatable bonds is 5. The molecule has 2 atom stereocenters. The van der Waals surface area contributed by atoms with Gasteiger partial charge in [-0.3, -0.25) is 0 Å². The van der Waals surface area contributed by atoms with Crippen LogP contribution in [0.15, 0.2) is 46.9 Å². The molecule has 0 spiro atoms. The molecule has 0 saturated carbocycles. The Morgan fingerprint density at radius 3 is 2.24 bits per heavy atom. The molecule has 21 heavy (non-hydrogen) atoms. The molecule has 2 aromatic rings. The minimum atomic E-state index is -0.229. The summed E-state index contributed by atoms with van der Waals surface area (Å²) in [7, 11) is 1.92. The molecule has 2 unspecified atom stereocenters. The lowest BCUT2D eigenvalue weighted by molar-refractivity contribution is 0.621. The zero-order valence-corrected chi connectivity index (χ0v) is 14.2. The molecular formula is C18H21BrFN. The molecule has 0 aromatic heterocycles. The number of hydrogen-bond acceptors (Lipinski definition) is 1. The molecule has 1 N–H and O–H groups in total. The largest absolute Gasteiger partial charge is 0.309 e. The summed E-state index contributed by atoms with van der Waals surface area (Å²) in [6.07, 6.45) is 1.14. The predicted octanol–water partition coefficient (Wildman–Crippen LogP) is 5.41. The summed E-state index contributed by atoms with van der Waals surface area (Å²) in [4.78, 5) is 0. The van der Waals surface area contributed by atoms with E-state index in [1.807, 2.05) is 13.1 Å². The van der Waals surface area contributed by atoms with Crippen molar-refractivity contribution in [3.63, 3.8) is 0 Å². The van der Waals surface area contributed by atoms with Gasteiger partial charge >= 0.3 is 0 Å². The van der Waals surface area contributed by atoms with Gasteiger partial charge in [-0.05, 0) is 48.2 Å². The Morgan fingerprint density at radius 1 is 1.10 bits per heavy atom. The van der Waals surface area contributed by atoms with Gasteiger partial charge in [0.15, 0.2) is 0 Å². The number of nitrogens with one attached hydrogen (secondary N) is 1. The van der Waals surface area contributed by atoms with Gasteiger partial charge in [-0.15, -0.1) is 0 Å². The van der Waals surface area contributed by atoms with E-state index in [-0.39, 0.29) is 11.9 Å². The van der Waals surface area contributed by atoms with E-state index in [2.05, 4.69) is 59.4 Å². The van der Waals surface area contributed by atoms with Crippen LogP contribution in [0.25, 0.3) is 0 Å². The lowest BCUT2D eigenvalue weighted by Gasteiger charge is -2.20. The molecule has 1 nitrogen and oxygen atoms in total. The molecule has 0 aliphatic heterocycles. The molecule has 0 amide bonds. The van der Waals surface area contributed by atoms with Crippen LogP contribution in [0.2, 0.25) is 0 Å². The first-order valence-electron chi connectivity index (χ1n) is 7.28. The minimum Gasteiger partial charge on any atom is -0.309 e. The summed E-state index contributed by atoms with van der Waals surface area (Å²) >= 11 is 3.45. The highest BCUT2D eigenvalue weighted by Gasteiger charge is 2.15. The first-order chi connectivity index (χ1) is 10.1. The van der Waals surface area contributed by atoms with Gasteiger partial charge in [0, 0.05) is 4.47 Å². The van der Waals surface area contributed by atoms with E-state index in [1.54, 1.807) is 0 Å². The maximum absolute atomic E-state index is 13.2. The third-order valence-electron chi connectivity index (χ3n) is 4.01. The summed E-state index contributed by atoms with van der Waals surface area (Å²) in [5.74, 6) is 0.345. The molecule has 0 saturated heterocycles. The molecule has 0 aliphatic rings. The van der Waals surface area contributed by atoms with Gasteiger partial charge in [0.1, 0.15) is 5.82 Å². The van der Waals surface area contributed by atoms with Crippen LogP contribution in [0.1, 0.15) is 48.9 Å². The lowest BCUT2D eigenvalue weighted by Crippen LogP contribution is -2.18. The van der Waals surface area contributed by atoms with Gasteiger partial charge in [-0.2, -0.15) is 0 Å². The van der Waals surface area contributed by atoms with Crippen LogP contribution in [-0.4, -0.2) is 7.05 Å². The van der Waals surface area contributed by atoms with Crippen molar-refractivity contribution >= 4 is 15.9 Å². The van der Waals surface area contributed by atoms with Crippen molar-refractivity contribution < 1.29 is 4.39 Å². The van der Waals surface area contributed by atoms with E-state index in [0.717, 1.165) is 16.5 Å². The SMILES string of the molecule is CCC(C)c1ccc(C(NC)c2ccc(F)cc2Br)cc1. The summed E-state index contributed by atoms with van der Waals surface area (Å²) in [6.45, 7) is 4.44. The first kappa shape index (κ1) is 16.2. The fourth-order valence-electron chi connectivity index (χ4n) is 2.49. The van der Waals surface area contributed by atoms with Crippen molar-refractivity contribution in [3.8, 4) is 0 Å². The van der Waals surface area contributed by atoms with Crippen molar-refractivity contribution in [2.24, 2.45) is 0 Å². The molecule has 3 heteroatoms. The van der Waals surface area contributed by atoms with E-state index < -0.39 is 0 Å². The molecule has 2 rings (SSSR count). The third kappa shape index (κ3) is 3.72. The molecule has 112 valence electrons. The molecule has 0 bridgehead atoms. The number of halogens is 2. The van der Waals surface area contributed by atoms with Crippen LogP contribution in [0.3, 0.4) is 0 Å². The molecule has 0 fully saturated rings. The average Bonchev–Trinajstić information content (AvgIpc) is 2.50. The second kappa shape index (κ2) is 7.19. The smallest absolute Gasteiger partial charge is 0.124 e. The molecular weight excluding hydrogens is 329 g/mol. The van der Waals surface area contributed by atoms with Gasteiger partial charge in [0.2, 0.25) is 0 Å². The van der Waals surface area contributed by atoms with Crippen molar-refractivity contribution in [3.05, 3.63) is 69.4 Å². The zero-order valence-electron chi connectivity index (χ0n) is 12.7. The second-order valence-electron chi connectivity index (χ2n) is 5.36. The summed E-state index contributed by atoms with van der Waals surface area (Å²) < 4.78 is 14.0. The highest BCUT2D eigenvalue weighted by Crippen LogP contribution is 2.30. The van der Waals surface area contributed by atoms with Crippen LogP contribution in [0.5, 0.6) is 0 Å². The van der Waals surface area contributed by atoms with Gasteiger partial charge in [0.25, 0.3) is 0 Å². The Labute approximate surface area is 134 Å². The van der Waals surface area contributed by atoms with E-state index in [4.69, 9.17) is 0 Å². The summed E-state index contributed by atoms with van der Waals surface area (Å²) in [5, 5.41) is 3.31. The van der Waals surface area contributed by atoms with Crippen molar-refractivity contribution in [2.75, 3.05) is 7.05 Å². The lowest BCUT2D eigenvalue weighted by atomic mass is 9.94. The average molecular weight is 350 g/mol. The van der Waals surface area contributed by atoms with Crippen LogP contribution in [-0.2, 0) is 0 Å². The highest BCUT2D eigenvalue weighted by atomic mass is 79.9. The minimum absolute atomic E-state index is 0.0472. The normalized spacial score (nSPS) is 14.0. The van der Waals surface area contributed by atoms with Crippen LogP contribution < -0.4 is 5.32 Å². The third-order valence-corrected chi connectivity index (χ3v) is 4.70. The fraction of sp³-hybridized carbons (Fsp3) is 0.333. The first-order valence-corrected chi connectivity index (χ1v) is 8.08. The van der Waals surface area contributed by atoms with Gasteiger partial charge in [-0.1, -0.05) is 60.1 Å². The maximum atomic E-state index is 13.2. The Bertz CT molecular complexity index is 595.